The average Bonchev–Trinajstić information content (AvgIpc) is 2.80. The highest BCUT2D eigenvalue weighted by Crippen LogP contribution is 2.29. The molecule has 0 unspecified atom stereocenters. The zero-order chi connectivity index (χ0) is 21.6. The highest BCUT2D eigenvalue weighted by Gasteiger charge is 2.22. The molecule has 0 bridgehead atoms. The number of aromatic amines is 1. The number of ether oxygens (including phenoxy) is 3. The minimum Gasteiger partial charge on any atom is -0.493 e. The number of hydrogen-bond acceptors (Lipinski definition) is 8. The Balaban J connectivity index is 1.49. The van der Waals surface area contributed by atoms with Crippen LogP contribution in [0.1, 0.15) is 16.8 Å². The van der Waals surface area contributed by atoms with E-state index in [-0.39, 0.29) is 5.56 Å². The zero-order valence-corrected chi connectivity index (χ0v) is 17.6. The van der Waals surface area contributed by atoms with Gasteiger partial charge in [0.25, 0.3) is 5.56 Å². The molecule has 9 nitrogen and oxygen atoms in total. The quantitative estimate of drug-likeness (QED) is 0.548. The van der Waals surface area contributed by atoms with Crippen molar-refractivity contribution in [1.82, 2.24) is 24.8 Å². The van der Waals surface area contributed by atoms with Crippen molar-refractivity contribution in [3.8, 4) is 23.0 Å². The van der Waals surface area contributed by atoms with Gasteiger partial charge in [-0.1, -0.05) is 6.07 Å². The lowest BCUT2D eigenvalue weighted by molar-refractivity contribution is 0.144. The zero-order valence-electron chi connectivity index (χ0n) is 17.6. The van der Waals surface area contributed by atoms with Crippen LogP contribution in [0.4, 0.5) is 0 Å². The molecule has 162 valence electrons. The first-order chi connectivity index (χ1) is 15.2. The van der Waals surface area contributed by atoms with Crippen LogP contribution in [0.5, 0.6) is 11.5 Å². The molecule has 9 heteroatoms. The van der Waals surface area contributed by atoms with E-state index in [1.807, 2.05) is 18.2 Å². The van der Waals surface area contributed by atoms with Gasteiger partial charge >= 0.3 is 0 Å². The average molecular weight is 423 g/mol. The third kappa shape index (κ3) is 4.89. The maximum atomic E-state index is 12.7. The molecule has 0 spiro atoms. The normalized spacial score (nSPS) is 13.6. The highest BCUT2D eigenvalue weighted by molar-refractivity contribution is 5.47. The number of fused-ring (bicyclic) bond motifs is 1. The van der Waals surface area contributed by atoms with E-state index >= 15 is 0 Å². The van der Waals surface area contributed by atoms with Crippen molar-refractivity contribution in [3.05, 3.63) is 64.0 Å². The van der Waals surface area contributed by atoms with Gasteiger partial charge in [0.15, 0.2) is 17.3 Å². The SMILES string of the molecule is COCCOc1cc(CN2CCc3nc(-c4cnccn4)[nH]c(=O)c3C2)ccc1OC. The molecule has 0 atom stereocenters. The van der Waals surface area contributed by atoms with Crippen LogP contribution in [-0.2, 0) is 24.2 Å². The van der Waals surface area contributed by atoms with E-state index in [0.717, 1.165) is 17.8 Å². The molecule has 0 saturated carbocycles. The van der Waals surface area contributed by atoms with Crippen molar-refractivity contribution in [2.24, 2.45) is 0 Å². The Bertz CT molecular complexity index is 1090. The van der Waals surface area contributed by atoms with Gasteiger partial charge in [0.2, 0.25) is 0 Å². The Hall–Kier alpha value is -3.30. The Kier molecular flexibility index (Phi) is 6.54. The first-order valence-electron chi connectivity index (χ1n) is 10.1. The second kappa shape index (κ2) is 9.67. The van der Waals surface area contributed by atoms with Gasteiger partial charge in [-0.25, -0.2) is 9.97 Å². The molecule has 31 heavy (non-hydrogen) atoms. The van der Waals surface area contributed by atoms with Crippen molar-refractivity contribution < 1.29 is 14.2 Å². The summed E-state index contributed by atoms with van der Waals surface area (Å²) in [7, 11) is 3.26. The minimum absolute atomic E-state index is 0.131. The van der Waals surface area contributed by atoms with Gasteiger partial charge in [-0.05, 0) is 17.7 Å². The van der Waals surface area contributed by atoms with E-state index in [0.29, 0.717) is 61.3 Å². The van der Waals surface area contributed by atoms with Gasteiger partial charge in [-0.15, -0.1) is 0 Å². The van der Waals surface area contributed by atoms with E-state index in [2.05, 4.69) is 24.8 Å². The number of benzene rings is 1. The van der Waals surface area contributed by atoms with E-state index in [9.17, 15) is 4.79 Å². The van der Waals surface area contributed by atoms with Gasteiger partial charge in [0.1, 0.15) is 12.3 Å². The van der Waals surface area contributed by atoms with Crippen molar-refractivity contribution >= 4 is 0 Å². The minimum atomic E-state index is -0.131. The Labute approximate surface area is 180 Å². The molecule has 2 aromatic heterocycles. The Morgan fingerprint density at radius 2 is 2.06 bits per heavy atom. The fourth-order valence-electron chi connectivity index (χ4n) is 3.58. The van der Waals surface area contributed by atoms with Crippen LogP contribution in [0, 0.1) is 0 Å². The van der Waals surface area contributed by atoms with Crippen LogP contribution in [0.15, 0.2) is 41.6 Å². The number of aromatic nitrogens is 4. The fraction of sp³-hybridized carbons (Fsp3) is 0.364. The molecule has 0 radical (unpaired) electrons. The second-order valence-electron chi connectivity index (χ2n) is 7.22. The van der Waals surface area contributed by atoms with Crippen molar-refractivity contribution in [3.63, 3.8) is 0 Å². The molecule has 0 aliphatic carbocycles. The standard InChI is InChI=1S/C22H25N5O4/c1-29-9-10-31-20-11-15(3-4-19(20)30-2)13-27-8-5-17-16(14-27)22(28)26-21(25-17)18-12-23-6-7-24-18/h3-4,6-7,11-12H,5,8-10,13-14H2,1-2H3,(H,25,26,28). The van der Waals surface area contributed by atoms with Crippen LogP contribution in [0.3, 0.4) is 0 Å². The number of hydrogen-bond donors (Lipinski definition) is 1. The fourth-order valence-corrected chi connectivity index (χ4v) is 3.58. The third-order valence-corrected chi connectivity index (χ3v) is 5.13. The molecule has 3 heterocycles. The predicted molar refractivity (Wildman–Crippen MR) is 114 cm³/mol. The maximum Gasteiger partial charge on any atom is 0.255 e. The van der Waals surface area contributed by atoms with Gasteiger partial charge in [0.05, 0.1) is 31.2 Å². The number of nitrogens with zero attached hydrogens (tertiary/aromatic N) is 4. The van der Waals surface area contributed by atoms with Gasteiger partial charge in [-0.3, -0.25) is 14.7 Å². The molecular formula is C22H25N5O4. The third-order valence-electron chi connectivity index (χ3n) is 5.13. The van der Waals surface area contributed by atoms with E-state index in [4.69, 9.17) is 14.2 Å². The number of H-pyrrole nitrogens is 1. The van der Waals surface area contributed by atoms with Gasteiger partial charge < -0.3 is 19.2 Å². The summed E-state index contributed by atoms with van der Waals surface area (Å²) in [5.74, 6) is 1.82. The first kappa shape index (κ1) is 21.0. The predicted octanol–water partition coefficient (Wildman–Crippen LogP) is 1.82. The molecule has 0 amide bonds. The lowest BCUT2D eigenvalue weighted by Gasteiger charge is -2.28. The highest BCUT2D eigenvalue weighted by atomic mass is 16.5. The molecule has 1 aromatic carbocycles. The summed E-state index contributed by atoms with van der Waals surface area (Å²) >= 11 is 0. The largest absolute Gasteiger partial charge is 0.493 e. The number of nitrogens with one attached hydrogen (secondary N) is 1. The van der Waals surface area contributed by atoms with Crippen LogP contribution in [0.2, 0.25) is 0 Å². The molecule has 0 saturated heterocycles. The van der Waals surface area contributed by atoms with Crippen LogP contribution in [0.25, 0.3) is 11.5 Å². The topological polar surface area (TPSA) is 102 Å². The molecule has 1 N–H and O–H groups in total. The number of methoxy groups -OCH3 is 2. The summed E-state index contributed by atoms with van der Waals surface area (Å²) in [4.78, 5) is 30.7. The van der Waals surface area contributed by atoms with Crippen LogP contribution < -0.4 is 15.0 Å². The summed E-state index contributed by atoms with van der Waals surface area (Å²) < 4.78 is 16.2. The van der Waals surface area contributed by atoms with Crippen molar-refractivity contribution in [2.45, 2.75) is 19.5 Å². The van der Waals surface area contributed by atoms with Gasteiger partial charge in [0, 0.05) is 45.6 Å². The molecular weight excluding hydrogens is 398 g/mol. The summed E-state index contributed by atoms with van der Waals surface area (Å²) in [6.45, 7) is 2.97. The summed E-state index contributed by atoms with van der Waals surface area (Å²) in [5.41, 5.74) is 3.03. The summed E-state index contributed by atoms with van der Waals surface area (Å²) in [6.07, 6.45) is 5.46. The molecule has 1 aliphatic heterocycles. The van der Waals surface area contributed by atoms with E-state index < -0.39 is 0 Å². The van der Waals surface area contributed by atoms with Gasteiger partial charge in [-0.2, -0.15) is 0 Å². The lowest BCUT2D eigenvalue weighted by atomic mass is 10.1. The maximum absolute atomic E-state index is 12.7. The van der Waals surface area contributed by atoms with Crippen LogP contribution in [-0.4, -0.2) is 58.8 Å². The molecule has 1 aliphatic rings. The van der Waals surface area contributed by atoms with Crippen molar-refractivity contribution in [2.75, 3.05) is 34.0 Å². The van der Waals surface area contributed by atoms with Crippen LogP contribution >= 0.6 is 0 Å². The summed E-state index contributed by atoms with van der Waals surface area (Å²) in [5, 5.41) is 0. The van der Waals surface area contributed by atoms with E-state index in [1.54, 1.807) is 32.8 Å². The lowest BCUT2D eigenvalue weighted by Crippen LogP contribution is -2.35. The second-order valence-corrected chi connectivity index (χ2v) is 7.22. The molecule has 4 rings (SSSR count). The number of rotatable bonds is 8. The monoisotopic (exact) mass is 423 g/mol. The Morgan fingerprint density at radius 3 is 2.84 bits per heavy atom. The molecule has 0 fully saturated rings. The van der Waals surface area contributed by atoms with E-state index in [1.165, 1.54) is 0 Å². The Morgan fingerprint density at radius 1 is 1.16 bits per heavy atom. The molecule has 3 aromatic rings. The summed E-state index contributed by atoms with van der Waals surface area (Å²) in [6, 6.07) is 5.89. The first-order valence-corrected chi connectivity index (χ1v) is 10.1. The smallest absolute Gasteiger partial charge is 0.255 e. The van der Waals surface area contributed by atoms with Crippen molar-refractivity contribution in [1.29, 1.82) is 0 Å².